The number of carbonyl (C=O) groups is 1. The molecular formula is C20H24N6O4. The van der Waals surface area contributed by atoms with E-state index < -0.39 is 0 Å². The van der Waals surface area contributed by atoms with Crippen molar-refractivity contribution in [3.05, 3.63) is 35.8 Å². The maximum atomic E-state index is 13.0. The van der Waals surface area contributed by atoms with E-state index >= 15 is 0 Å². The number of piperidine rings is 1. The fourth-order valence-electron chi connectivity index (χ4n) is 3.50. The number of aryl methyl sites for hydroxylation is 1. The minimum Gasteiger partial charge on any atom is -0.497 e. The molecule has 0 aliphatic carbocycles. The van der Waals surface area contributed by atoms with Crippen molar-refractivity contribution in [1.29, 1.82) is 0 Å². The fraction of sp³-hybridized carbons (Fsp3) is 0.450. The third-order valence-corrected chi connectivity index (χ3v) is 5.24. The molecule has 10 heteroatoms. The second-order valence-corrected chi connectivity index (χ2v) is 7.08. The minimum absolute atomic E-state index is 0.0390. The molecule has 1 saturated heterocycles. The van der Waals surface area contributed by atoms with Crippen LogP contribution in [0.3, 0.4) is 0 Å². The summed E-state index contributed by atoms with van der Waals surface area (Å²) in [5, 5.41) is 12.3. The number of hydrogen-bond acceptors (Lipinski definition) is 8. The maximum Gasteiger partial charge on any atom is 0.280 e. The number of carbonyl (C=O) groups excluding carboxylic acids is 1. The average molecular weight is 412 g/mol. The van der Waals surface area contributed by atoms with Crippen molar-refractivity contribution in [2.75, 3.05) is 27.3 Å². The highest BCUT2D eigenvalue weighted by Crippen LogP contribution is 2.27. The number of aromatic nitrogens is 5. The Kier molecular flexibility index (Phi) is 5.64. The van der Waals surface area contributed by atoms with Gasteiger partial charge in [-0.15, -0.1) is 5.10 Å². The van der Waals surface area contributed by atoms with Crippen molar-refractivity contribution in [1.82, 2.24) is 30.0 Å². The number of benzene rings is 1. The highest BCUT2D eigenvalue weighted by molar-refractivity contribution is 5.95. The van der Waals surface area contributed by atoms with Crippen LogP contribution in [-0.2, 0) is 6.42 Å². The highest BCUT2D eigenvalue weighted by Gasteiger charge is 2.26. The molecule has 0 saturated carbocycles. The molecule has 10 nitrogen and oxygen atoms in total. The molecule has 0 unspecified atom stereocenters. The maximum absolute atomic E-state index is 13.0. The van der Waals surface area contributed by atoms with E-state index in [1.165, 1.54) is 0 Å². The molecule has 3 heterocycles. The molecule has 0 N–H and O–H groups in total. The van der Waals surface area contributed by atoms with Crippen LogP contribution in [0.25, 0.3) is 11.6 Å². The van der Waals surface area contributed by atoms with E-state index in [-0.39, 0.29) is 11.9 Å². The van der Waals surface area contributed by atoms with Gasteiger partial charge in [0.2, 0.25) is 0 Å². The lowest BCUT2D eigenvalue weighted by molar-refractivity contribution is 0.0688. The summed E-state index contributed by atoms with van der Waals surface area (Å²) in [6.07, 6.45) is 4.07. The Morgan fingerprint density at radius 3 is 2.47 bits per heavy atom. The summed E-state index contributed by atoms with van der Waals surface area (Å²) in [7, 11) is 3.14. The Labute approximate surface area is 173 Å². The van der Waals surface area contributed by atoms with Gasteiger partial charge in [-0.05, 0) is 25.0 Å². The summed E-state index contributed by atoms with van der Waals surface area (Å²) in [4.78, 5) is 19.1. The summed E-state index contributed by atoms with van der Waals surface area (Å²) >= 11 is 0. The van der Waals surface area contributed by atoms with Crippen LogP contribution in [0, 0.1) is 0 Å². The third kappa shape index (κ3) is 3.98. The van der Waals surface area contributed by atoms with Gasteiger partial charge in [0, 0.05) is 31.1 Å². The summed E-state index contributed by atoms with van der Waals surface area (Å²) in [5.41, 5.74) is 1.11. The van der Waals surface area contributed by atoms with Gasteiger partial charge in [0.25, 0.3) is 11.8 Å². The third-order valence-electron chi connectivity index (χ3n) is 5.24. The molecule has 4 rings (SSSR count). The minimum atomic E-state index is -0.0390. The highest BCUT2D eigenvalue weighted by atomic mass is 16.5. The van der Waals surface area contributed by atoms with Gasteiger partial charge in [-0.1, -0.05) is 17.3 Å². The Bertz CT molecular complexity index is 1000. The predicted octanol–water partition coefficient (Wildman–Crippen LogP) is 2.39. The zero-order valence-electron chi connectivity index (χ0n) is 17.2. The molecule has 0 radical (unpaired) electrons. The first-order valence-electron chi connectivity index (χ1n) is 9.88. The van der Waals surface area contributed by atoms with Gasteiger partial charge in [-0.3, -0.25) is 4.79 Å². The molecule has 0 spiro atoms. The van der Waals surface area contributed by atoms with Crippen LogP contribution in [0.1, 0.15) is 42.0 Å². The zero-order chi connectivity index (χ0) is 21.1. The number of hydrogen-bond donors (Lipinski definition) is 0. The molecule has 158 valence electrons. The fourth-order valence-corrected chi connectivity index (χ4v) is 3.50. The molecule has 1 aliphatic rings. The molecule has 0 atom stereocenters. The number of rotatable bonds is 6. The molecule has 1 fully saturated rings. The van der Waals surface area contributed by atoms with Gasteiger partial charge in [-0.2, -0.15) is 4.98 Å². The Morgan fingerprint density at radius 1 is 1.17 bits per heavy atom. The summed E-state index contributed by atoms with van der Waals surface area (Å²) in [5.74, 6) is 2.16. The number of nitrogens with zero attached hydrogens (tertiary/aromatic N) is 6. The van der Waals surface area contributed by atoms with Gasteiger partial charge in [0.15, 0.2) is 11.5 Å². The van der Waals surface area contributed by atoms with E-state index in [1.807, 2.05) is 22.7 Å². The van der Waals surface area contributed by atoms with Gasteiger partial charge >= 0.3 is 0 Å². The van der Waals surface area contributed by atoms with Gasteiger partial charge in [0.05, 0.1) is 26.5 Å². The first kappa shape index (κ1) is 19.9. The quantitative estimate of drug-likeness (QED) is 0.607. The number of amides is 1. The van der Waals surface area contributed by atoms with Crippen LogP contribution in [0.15, 0.2) is 28.9 Å². The molecule has 0 bridgehead atoms. The van der Waals surface area contributed by atoms with Crippen molar-refractivity contribution in [3.8, 4) is 23.1 Å². The van der Waals surface area contributed by atoms with Crippen molar-refractivity contribution in [2.24, 2.45) is 0 Å². The average Bonchev–Trinajstić information content (AvgIpc) is 3.48. The smallest absolute Gasteiger partial charge is 0.280 e. The van der Waals surface area contributed by atoms with E-state index in [0.29, 0.717) is 54.0 Å². The number of ether oxygens (including phenoxy) is 2. The van der Waals surface area contributed by atoms with Crippen molar-refractivity contribution in [2.45, 2.75) is 32.2 Å². The normalized spacial score (nSPS) is 14.7. The first-order valence-corrected chi connectivity index (χ1v) is 9.88. The lowest BCUT2D eigenvalue weighted by atomic mass is 10.0. The second kappa shape index (κ2) is 8.52. The van der Waals surface area contributed by atoms with Crippen molar-refractivity contribution >= 4 is 5.91 Å². The molecule has 3 aromatic rings. The lowest BCUT2D eigenvalue weighted by Crippen LogP contribution is -2.39. The molecule has 1 aliphatic heterocycles. The summed E-state index contributed by atoms with van der Waals surface area (Å²) < 4.78 is 17.6. The second-order valence-electron chi connectivity index (χ2n) is 7.08. The summed E-state index contributed by atoms with van der Waals surface area (Å²) in [6, 6.07) is 5.37. The van der Waals surface area contributed by atoms with Crippen LogP contribution >= 0.6 is 0 Å². The summed E-state index contributed by atoms with van der Waals surface area (Å²) in [6.45, 7) is 3.21. The van der Waals surface area contributed by atoms with E-state index in [4.69, 9.17) is 14.0 Å². The van der Waals surface area contributed by atoms with Crippen molar-refractivity contribution in [3.63, 3.8) is 0 Å². The SMILES string of the molecule is CCc1noc(-c2cn(C3CCN(C(=O)c4cc(OC)cc(OC)c4)CC3)nn2)n1. The van der Waals surface area contributed by atoms with Crippen molar-refractivity contribution < 1.29 is 18.8 Å². The number of methoxy groups -OCH3 is 2. The van der Waals surface area contributed by atoms with Crippen LogP contribution in [0.5, 0.6) is 11.5 Å². The molecule has 2 aromatic heterocycles. The molecular weight excluding hydrogens is 388 g/mol. The van der Waals surface area contributed by atoms with E-state index in [2.05, 4.69) is 20.5 Å². The molecule has 30 heavy (non-hydrogen) atoms. The van der Waals surface area contributed by atoms with Gasteiger partial charge < -0.3 is 18.9 Å². The Balaban J connectivity index is 1.41. The van der Waals surface area contributed by atoms with Crippen LogP contribution in [0.4, 0.5) is 0 Å². The Morgan fingerprint density at radius 2 is 1.87 bits per heavy atom. The zero-order valence-corrected chi connectivity index (χ0v) is 17.2. The molecule has 1 aromatic carbocycles. The Hall–Kier alpha value is -3.43. The van der Waals surface area contributed by atoms with Gasteiger partial charge in [0.1, 0.15) is 11.5 Å². The van der Waals surface area contributed by atoms with E-state index in [9.17, 15) is 4.79 Å². The van der Waals surface area contributed by atoms with E-state index in [0.717, 1.165) is 12.8 Å². The van der Waals surface area contributed by atoms with Crippen LogP contribution < -0.4 is 9.47 Å². The van der Waals surface area contributed by atoms with Crippen LogP contribution in [-0.4, -0.2) is 63.3 Å². The first-order chi connectivity index (χ1) is 14.6. The lowest BCUT2D eigenvalue weighted by Gasteiger charge is -2.32. The van der Waals surface area contributed by atoms with Crippen LogP contribution in [0.2, 0.25) is 0 Å². The largest absolute Gasteiger partial charge is 0.497 e. The number of likely N-dealkylation sites (tertiary alicyclic amines) is 1. The molecule has 1 amide bonds. The predicted molar refractivity (Wildman–Crippen MR) is 106 cm³/mol. The topological polar surface area (TPSA) is 108 Å². The van der Waals surface area contributed by atoms with E-state index in [1.54, 1.807) is 32.4 Å². The monoisotopic (exact) mass is 412 g/mol. The standard InChI is InChI=1S/C20H24N6O4/c1-4-18-21-19(30-23-18)17-12-26(24-22-17)14-5-7-25(8-6-14)20(27)13-9-15(28-2)11-16(10-13)29-3/h9-12,14H,4-8H2,1-3H3. The van der Waals surface area contributed by atoms with Gasteiger partial charge in [-0.25, -0.2) is 4.68 Å².